The maximum atomic E-state index is 13.1. The molecule has 0 aliphatic carbocycles. The van der Waals surface area contributed by atoms with Crippen molar-refractivity contribution < 1.29 is 4.79 Å². The Labute approximate surface area is 158 Å². The van der Waals surface area contributed by atoms with E-state index < -0.39 is 0 Å². The highest BCUT2D eigenvalue weighted by Gasteiger charge is 2.24. The van der Waals surface area contributed by atoms with Crippen molar-refractivity contribution in [1.82, 2.24) is 4.57 Å². The number of aromatic nitrogens is 1. The molecule has 4 nitrogen and oxygen atoms in total. The van der Waals surface area contributed by atoms with Crippen LogP contribution in [0.15, 0.2) is 59.9 Å². The summed E-state index contributed by atoms with van der Waals surface area (Å²) in [6, 6.07) is 15.3. The van der Waals surface area contributed by atoms with Gasteiger partial charge in [0.2, 0.25) is 5.91 Å². The number of carbonyl (C=O) groups is 1. The van der Waals surface area contributed by atoms with Crippen molar-refractivity contribution in [3.05, 3.63) is 82.2 Å². The lowest BCUT2D eigenvalue weighted by Crippen LogP contribution is -2.32. The minimum atomic E-state index is -0.0434. The van der Waals surface area contributed by atoms with Gasteiger partial charge in [-0.3, -0.25) is 9.59 Å². The molecule has 0 N–H and O–H groups in total. The standard InChI is InChI=1S/C23H22N2O2/c1-4-25-21-11-10-20-18(9-12-22(26)24(20)3)19(21)13-15(2)17-8-6-5-7-16(17)14-23(25)27/h5-12H,2,4,13-14H2,1,3H3. The Morgan fingerprint density at radius 3 is 2.56 bits per heavy atom. The summed E-state index contributed by atoms with van der Waals surface area (Å²) in [4.78, 5) is 27.0. The van der Waals surface area contributed by atoms with Crippen LogP contribution < -0.4 is 10.5 Å². The van der Waals surface area contributed by atoms with Crippen LogP contribution in [0.2, 0.25) is 0 Å². The maximum absolute atomic E-state index is 13.1. The molecule has 0 spiro atoms. The average Bonchev–Trinajstić information content (AvgIpc) is 2.70. The van der Waals surface area contributed by atoms with Crippen LogP contribution in [0.1, 0.15) is 23.6 Å². The van der Waals surface area contributed by atoms with Crippen molar-refractivity contribution >= 4 is 28.1 Å². The Bertz CT molecular complexity index is 1140. The van der Waals surface area contributed by atoms with Crippen molar-refractivity contribution in [1.29, 1.82) is 0 Å². The number of allylic oxidation sites excluding steroid dienone is 1. The molecule has 1 aliphatic heterocycles. The van der Waals surface area contributed by atoms with Crippen molar-refractivity contribution in [3.63, 3.8) is 0 Å². The third-order valence-corrected chi connectivity index (χ3v) is 5.43. The van der Waals surface area contributed by atoms with E-state index in [4.69, 9.17) is 0 Å². The van der Waals surface area contributed by atoms with E-state index in [2.05, 4.69) is 6.58 Å². The predicted octanol–water partition coefficient (Wildman–Crippen LogP) is 3.70. The maximum Gasteiger partial charge on any atom is 0.250 e. The molecule has 0 atom stereocenters. The molecule has 0 fully saturated rings. The molecule has 2 heterocycles. The molecule has 2 aromatic carbocycles. The number of likely N-dealkylation sites (N-methyl/N-ethyl adjacent to an activating group) is 1. The number of hydrogen-bond acceptors (Lipinski definition) is 2. The predicted molar refractivity (Wildman–Crippen MR) is 110 cm³/mol. The number of hydrogen-bond donors (Lipinski definition) is 0. The van der Waals surface area contributed by atoms with Gasteiger partial charge in [-0.1, -0.05) is 30.8 Å². The summed E-state index contributed by atoms with van der Waals surface area (Å²) >= 11 is 0. The quantitative estimate of drug-likeness (QED) is 0.666. The molecule has 3 aromatic rings. The van der Waals surface area contributed by atoms with Gasteiger partial charge < -0.3 is 9.47 Å². The van der Waals surface area contributed by atoms with Gasteiger partial charge in [0.25, 0.3) is 5.56 Å². The van der Waals surface area contributed by atoms with Gasteiger partial charge in [0, 0.05) is 37.2 Å². The van der Waals surface area contributed by atoms with Gasteiger partial charge in [-0.05, 0) is 47.4 Å². The molecular formula is C23H22N2O2. The van der Waals surface area contributed by atoms with Crippen molar-refractivity contribution in [2.24, 2.45) is 7.05 Å². The van der Waals surface area contributed by atoms with Crippen LogP contribution in [0.4, 0.5) is 5.69 Å². The monoisotopic (exact) mass is 358 g/mol. The number of benzene rings is 2. The minimum Gasteiger partial charge on any atom is -0.312 e. The number of amides is 1. The summed E-state index contributed by atoms with van der Waals surface area (Å²) in [7, 11) is 1.78. The third-order valence-electron chi connectivity index (χ3n) is 5.43. The minimum absolute atomic E-state index is 0.0434. The summed E-state index contributed by atoms with van der Waals surface area (Å²) in [5.41, 5.74) is 5.80. The fraction of sp³-hybridized carbons (Fsp3) is 0.217. The van der Waals surface area contributed by atoms with E-state index in [1.807, 2.05) is 54.3 Å². The van der Waals surface area contributed by atoms with Crippen LogP contribution in [0, 0.1) is 0 Å². The fourth-order valence-electron chi connectivity index (χ4n) is 4.01. The molecule has 4 rings (SSSR count). The lowest BCUT2D eigenvalue weighted by molar-refractivity contribution is -0.117. The SMILES string of the molecule is C=C1Cc2c(ccc3c2ccc(=O)n3C)N(CC)C(=O)Cc2ccccc21. The van der Waals surface area contributed by atoms with Gasteiger partial charge >= 0.3 is 0 Å². The zero-order valence-electron chi connectivity index (χ0n) is 15.7. The number of aryl methyl sites for hydroxylation is 1. The first-order valence-electron chi connectivity index (χ1n) is 9.19. The number of pyridine rings is 1. The van der Waals surface area contributed by atoms with E-state index >= 15 is 0 Å². The molecular weight excluding hydrogens is 336 g/mol. The number of nitrogens with zero attached hydrogens (tertiary/aromatic N) is 2. The molecule has 0 saturated carbocycles. The number of fused-ring (bicyclic) bond motifs is 4. The van der Waals surface area contributed by atoms with Crippen molar-refractivity contribution in [2.75, 3.05) is 11.4 Å². The van der Waals surface area contributed by atoms with Crippen LogP contribution in [-0.4, -0.2) is 17.0 Å². The zero-order chi connectivity index (χ0) is 19.1. The summed E-state index contributed by atoms with van der Waals surface area (Å²) in [6.07, 6.45) is 0.986. The number of anilines is 1. The van der Waals surface area contributed by atoms with E-state index in [0.29, 0.717) is 19.4 Å². The largest absolute Gasteiger partial charge is 0.312 e. The van der Waals surface area contributed by atoms with Gasteiger partial charge in [-0.2, -0.15) is 0 Å². The van der Waals surface area contributed by atoms with Crippen LogP contribution in [0.3, 0.4) is 0 Å². The Hall–Kier alpha value is -3.14. The molecule has 1 aliphatic rings. The Morgan fingerprint density at radius 1 is 1.00 bits per heavy atom. The topological polar surface area (TPSA) is 42.3 Å². The zero-order valence-corrected chi connectivity index (χ0v) is 15.7. The molecule has 27 heavy (non-hydrogen) atoms. The number of carbonyl (C=O) groups excluding carboxylic acids is 1. The summed E-state index contributed by atoms with van der Waals surface area (Å²) in [6.45, 7) is 6.91. The van der Waals surface area contributed by atoms with Crippen LogP contribution in [-0.2, 0) is 24.7 Å². The van der Waals surface area contributed by atoms with Crippen molar-refractivity contribution in [3.8, 4) is 0 Å². The molecule has 0 bridgehead atoms. The van der Waals surface area contributed by atoms with Gasteiger partial charge in [-0.25, -0.2) is 0 Å². The van der Waals surface area contributed by atoms with Gasteiger partial charge in [0.05, 0.1) is 11.9 Å². The first-order chi connectivity index (χ1) is 13.0. The second-order valence-corrected chi connectivity index (χ2v) is 6.98. The van der Waals surface area contributed by atoms with Crippen molar-refractivity contribution in [2.45, 2.75) is 19.8 Å². The fourth-order valence-corrected chi connectivity index (χ4v) is 4.01. The van der Waals surface area contributed by atoms with E-state index in [1.54, 1.807) is 17.7 Å². The Morgan fingerprint density at radius 2 is 1.78 bits per heavy atom. The summed E-state index contributed by atoms with van der Waals surface area (Å²) in [5.74, 6) is 0.0741. The highest BCUT2D eigenvalue weighted by molar-refractivity contribution is 6.01. The van der Waals surface area contributed by atoms with E-state index in [1.165, 1.54) is 0 Å². The molecule has 1 aromatic heterocycles. The first kappa shape index (κ1) is 17.3. The molecule has 4 heteroatoms. The van der Waals surface area contributed by atoms with Crippen LogP contribution >= 0.6 is 0 Å². The Kier molecular flexibility index (Phi) is 4.19. The number of rotatable bonds is 1. The summed E-state index contributed by atoms with van der Waals surface area (Å²) < 4.78 is 1.65. The Balaban J connectivity index is 2.03. The molecule has 0 radical (unpaired) electrons. The van der Waals surface area contributed by atoms with E-state index in [-0.39, 0.29) is 11.5 Å². The lowest BCUT2D eigenvalue weighted by Gasteiger charge is -2.24. The van der Waals surface area contributed by atoms with Crippen LogP contribution in [0.5, 0.6) is 0 Å². The van der Waals surface area contributed by atoms with Gasteiger partial charge in [0.1, 0.15) is 0 Å². The van der Waals surface area contributed by atoms with E-state index in [0.717, 1.165) is 38.9 Å². The lowest BCUT2D eigenvalue weighted by atomic mass is 9.92. The molecule has 0 unspecified atom stereocenters. The molecule has 136 valence electrons. The molecule has 0 saturated heterocycles. The highest BCUT2D eigenvalue weighted by atomic mass is 16.2. The third kappa shape index (κ3) is 2.78. The van der Waals surface area contributed by atoms with Gasteiger partial charge in [-0.15, -0.1) is 0 Å². The van der Waals surface area contributed by atoms with Crippen LogP contribution in [0.25, 0.3) is 16.5 Å². The normalized spacial score (nSPS) is 14.4. The first-order valence-corrected chi connectivity index (χ1v) is 9.19. The average molecular weight is 358 g/mol. The second kappa shape index (κ2) is 6.54. The smallest absolute Gasteiger partial charge is 0.250 e. The highest BCUT2D eigenvalue weighted by Crippen LogP contribution is 2.35. The van der Waals surface area contributed by atoms with Gasteiger partial charge in [0.15, 0.2) is 0 Å². The summed E-state index contributed by atoms with van der Waals surface area (Å²) in [5, 5.41) is 0.987. The second-order valence-electron chi connectivity index (χ2n) is 6.98. The molecule has 1 amide bonds. The van der Waals surface area contributed by atoms with E-state index in [9.17, 15) is 9.59 Å².